The fraction of sp³-hybridized carbons (Fsp3) is 0.350. The second-order valence-corrected chi connectivity index (χ2v) is 6.73. The summed E-state index contributed by atoms with van der Waals surface area (Å²) in [5, 5.41) is 15.0. The molecule has 2 aromatic heterocycles. The summed E-state index contributed by atoms with van der Waals surface area (Å²) in [6.45, 7) is 5.54. The summed E-state index contributed by atoms with van der Waals surface area (Å²) in [7, 11) is 0. The third-order valence-electron chi connectivity index (χ3n) is 4.57. The Morgan fingerprint density at radius 1 is 1.21 bits per heavy atom. The monoisotopic (exact) mass is 380 g/mol. The summed E-state index contributed by atoms with van der Waals surface area (Å²) in [6, 6.07) is 10.3. The van der Waals surface area contributed by atoms with E-state index in [1.54, 1.807) is 30.8 Å². The van der Waals surface area contributed by atoms with Crippen LogP contribution < -0.4 is 5.32 Å². The highest BCUT2D eigenvalue weighted by molar-refractivity contribution is 5.54. The van der Waals surface area contributed by atoms with Crippen LogP contribution >= 0.6 is 0 Å². The van der Waals surface area contributed by atoms with Gasteiger partial charge in [0.25, 0.3) is 0 Å². The maximum Gasteiger partial charge on any atom is 0.333 e. The van der Waals surface area contributed by atoms with Gasteiger partial charge in [-0.1, -0.05) is 43.7 Å². The fourth-order valence-corrected chi connectivity index (χ4v) is 3.25. The molecule has 0 radical (unpaired) electrons. The molecule has 1 atom stereocenters. The van der Waals surface area contributed by atoms with Gasteiger partial charge in [-0.05, 0) is 32.3 Å². The highest BCUT2D eigenvalue weighted by Gasteiger charge is 2.25. The number of nitrogens with one attached hydrogen (secondary N) is 1. The van der Waals surface area contributed by atoms with Gasteiger partial charge in [0.05, 0.1) is 4.92 Å². The standard InChI is InChI=1S/C20H24N6O2/c1-4-8-17(13-16-9-6-5-7-10-16)23-20-22-14(2)18(26(27)28)19(24-20)25-12-11-21-15(25)3/h5-7,9-12,17H,4,8,13H2,1-3H3,(H,22,23,24). The Balaban J connectivity index is 1.95. The molecule has 0 saturated heterocycles. The summed E-state index contributed by atoms with van der Waals surface area (Å²) in [5.74, 6) is 1.24. The van der Waals surface area contributed by atoms with Gasteiger partial charge in [-0.3, -0.25) is 14.7 Å². The number of anilines is 1. The van der Waals surface area contributed by atoms with Crippen molar-refractivity contribution in [2.75, 3.05) is 5.32 Å². The number of benzene rings is 1. The largest absolute Gasteiger partial charge is 0.351 e. The molecule has 28 heavy (non-hydrogen) atoms. The molecule has 8 heteroatoms. The number of nitro groups is 1. The first kappa shape index (κ1) is 19.5. The highest BCUT2D eigenvalue weighted by Crippen LogP contribution is 2.26. The van der Waals surface area contributed by atoms with Crippen LogP contribution in [-0.4, -0.2) is 30.5 Å². The van der Waals surface area contributed by atoms with E-state index in [-0.39, 0.29) is 17.5 Å². The van der Waals surface area contributed by atoms with Gasteiger partial charge in [0.1, 0.15) is 11.5 Å². The lowest BCUT2D eigenvalue weighted by Crippen LogP contribution is -2.24. The normalized spacial score (nSPS) is 12.0. The van der Waals surface area contributed by atoms with E-state index in [1.807, 2.05) is 18.2 Å². The van der Waals surface area contributed by atoms with Crippen molar-refractivity contribution >= 4 is 11.6 Å². The predicted octanol–water partition coefficient (Wildman–Crippen LogP) is 4.01. The van der Waals surface area contributed by atoms with Crippen molar-refractivity contribution in [1.29, 1.82) is 0 Å². The van der Waals surface area contributed by atoms with Crippen molar-refractivity contribution in [2.24, 2.45) is 0 Å². The van der Waals surface area contributed by atoms with Gasteiger partial charge in [-0.15, -0.1) is 0 Å². The van der Waals surface area contributed by atoms with Gasteiger partial charge in [0, 0.05) is 18.4 Å². The highest BCUT2D eigenvalue weighted by atomic mass is 16.6. The molecule has 8 nitrogen and oxygen atoms in total. The Kier molecular flexibility index (Phi) is 5.98. The number of nitrogens with zero attached hydrogens (tertiary/aromatic N) is 5. The van der Waals surface area contributed by atoms with Crippen molar-refractivity contribution in [3.05, 3.63) is 69.9 Å². The lowest BCUT2D eigenvalue weighted by atomic mass is 10.0. The molecule has 1 unspecified atom stereocenters. The second-order valence-electron chi connectivity index (χ2n) is 6.73. The molecule has 146 valence electrons. The fourth-order valence-electron chi connectivity index (χ4n) is 3.25. The molecule has 2 heterocycles. The van der Waals surface area contributed by atoms with Crippen LogP contribution in [0.4, 0.5) is 11.6 Å². The number of imidazole rings is 1. The van der Waals surface area contributed by atoms with Crippen molar-refractivity contribution in [3.63, 3.8) is 0 Å². The molecule has 0 aliphatic heterocycles. The van der Waals surface area contributed by atoms with Gasteiger partial charge >= 0.3 is 5.69 Å². The van der Waals surface area contributed by atoms with Crippen molar-refractivity contribution in [3.8, 4) is 5.82 Å². The van der Waals surface area contributed by atoms with Crippen LogP contribution in [0.1, 0.15) is 36.8 Å². The maximum atomic E-state index is 11.6. The Morgan fingerprint density at radius 3 is 2.57 bits per heavy atom. The van der Waals surface area contributed by atoms with Crippen LogP contribution in [0.2, 0.25) is 0 Å². The SMILES string of the molecule is CCCC(Cc1ccccc1)Nc1nc(C)c([N+](=O)[O-])c(-n2ccnc2C)n1. The van der Waals surface area contributed by atoms with Crippen LogP contribution in [0.3, 0.4) is 0 Å². The molecule has 0 saturated carbocycles. The van der Waals surface area contributed by atoms with Crippen LogP contribution in [0.15, 0.2) is 42.7 Å². The van der Waals surface area contributed by atoms with E-state index in [0.29, 0.717) is 17.5 Å². The van der Waals surface area contributed by atoms with Gasteiger partial charge in [0.2, 0.25) is 11.8 Å². The molecule has 0 aliphatic carbocycles. The lowest BCUT2D eigenvalue weighted by Gasteiger charge is -2.19. The van der Waals surface area contributed by atoms with E-state index in [1.165, 1.54) is 5.56 Å². The van der Waals surface area contributed by atoms with Gasteiger partial charge in [-0.2, -0.15) is 4.98 Å². The van der Waals surface area contributed by atoms with Gasteiger partial charge in [0.15, 0.2) is 0 Å². The molecular formula is C20H24N6O2. The molecule has 0 aliphatic rings. The average Bonchev–Trinajstić information content (AvgIpc) is 3.07. The lowest BCUT2D eigenvalue weighted by molar-refractivity contribution is -0.385. The quantitative estimate of drug-likeness (QED) is 0.468. The van der Waals surface area contributed by atoms with Crippen LogP contribution in [0, 0.1) is 24.0 Å². The third-order valence-corrected chi connectivity index (χ3v) is 4.57. The minimum Gasteiger partial charge on any atom is -0.351 e. The molecule has 0 bridgehead atoms. The second kappa shape index (κ2) is 8.60. The maximum absolute atomic E-state index is 11.6. The number of hydrogen-bond donors (Lipinski definition) is 1. The molecule has 1 aromatic carbocycles. The zero-order valence-corrected chi connectivity index (χ0v) is 16.3. The van der Waals surface area contributed by atoms with Crippen LogP contribution in [0.25, 0.3) is 5.82 Å². The number of hydrogen-bond acceptors (Lipinski definition) is 6. The molecule has 1 N–H and O–H groups in total. The van der Waals surface area contributed by atoms with E-state index in [2.05, 4.69) is 39.3 Å². The first-order valence-electron chi connectivity index (χ1n) is 9.33. The number of rotatable bonds is 8. The summed E-state index contributed by atoms with van der Waals surface area (Å²) >= 11 is 0. The van der Waals surface area contributed by atoms with E-state index in [0.717, 1.165) is 19.3 Å². The predicted molar refractivity (Wildman–Crippen MR) is 108 cm³/mol. The van der Waals surface area contributed by atoms with Crippen molar-refractivity contribution in [1.82, 2.24) is 19.5 Å². The Morgan fingerprint density at radius 2 is 1.96 bits per heavy atom. The minimum absolute atomic E-state index is 0.109. The van der Waals surface area contributed by atoms with E-state index >= 15 is 0 Å². The number of aromatic nitrogens is 4. The Labute approximate surface area is 163 Å². The Hall–Kier alpha value is -3.29. The summed E-state index contributed by atoms with van der Waals surface area (Å²) in [6.07, 6.45) is 6.03. The summed E-state index contributed by atoms with van der Waals surface area (Å²) < 4.78 is 1.62. The van der Waals surface area contributed by atoms with Gasteiger partial charge < -0.3 is 5.32 Å². The molecule has 3 rings (SSSR count). The van der Waals surface area contributed by atoms with E-state index in [9.17, 15) is 10.1 Å². The average molecular weight is 380 g/mol. The Bertz CT molecular complexity index is 955. The van der Waals surface area contributed by atoms with Crippen LogP contribution in [0.5, 0.6) is 0 Å². The number of aryl methyl sites for hydroxylation is 2. The minimum atomic E-state index is -0.443. The molecular weight excluding hydrogens is 356 g/mol. The van der Waals surface area contributed by atoms with E-state index < -0.39 is 4.92 Å². The zero-order valence-electron chi connectivity index (χ0n) is 16.3. The summed E-state index contributed by atoms with van der Waals surface area (Å²) in [4.78, 5) is 24.2. The molecule has 0 amide bonds. The van der Waals surface area contributed by atoms with Crippen molar-refractivity contribution < 1.29 is 4.92 Å². The third kappa shape index (κ3) is 4.33. The molecule has 0 spiro atoms. The smallest absolute Gasteiger partial charge is 0.333 e. The topological polar surface area (TPSA) is 98.8 Å². The molecule has 3 aromatic rings. The van der Waals surface area contributed by atoms with Crippen molar-refractivity contribution in [2.45, 2.75) is 46.1 Å². The molecule has 0 fully saturated rings. The first-order valence-corrected chi connectivity index (χ1v) is 9.33. The zero-order chi connectivity index (χ0) is 20.1. The van der Waals surface area contributed by atoms with Crippen LogP contribution in [-0.2, 0) is 6.42 Å². The first-order chi connectivity index (χ1) is 13.5. The van der Waals surface area contributed by atoms with Gasteiger partial charge in [-0.25, -0.2) is 9.97 Å². The van der Waals surface area contributed by atoms with E-state index in [4.69, 9.17) is 0 Å². The summed E-state index contributed by atoms with van der Waals surface area (Å²) in [5.41, 5.74) is 1.43.